The van der Waals surface area contributed by atoms with Crippen molar-refractivity contribution in [1.82, 2.24) is 14.9 Å². The van der Waals surface area contributed by atoms with Gasteiger partial charge < -0.3 is 19.9 Å². The third kappa shape index (κ3) is 3.95. The van der Waals surface area contributed by atoms with Gasteiger partial charge in [-0.05, 0) is 33.1 Å². The smallest absolute Gasteiger partial charge is 0.245 e. The first-order valence-electron chi connectivity index (χ1n) is 8.87. The van der Waals surface area contributed by atoms with Crippen LogP contribution in [-0.4, -0.2) is 65.7 Å². The molecule has 7 heteroatoms. The van der Waals surface area contributed by atoms with Gasteiger partial charge in [0.25, 0.3) is 0 Å². The van der Waals surface area contributed by atoms with Crippen molar-refractivity contribution in [3.05, 3.63) is 12.4 Å². The Hall–Kier alpha value is -1.89. The SMILES string of the molecule is CC(Nc1cc(N2CCOCC2)ncn1)C(=O)N1CCCCC1C. The Balaban J connectivity index is 1.63. The number of aromatic nitrogens is 2. The van der Waals surface area contributed by atoms with Crippen LogP contribution < -0.4 is 10.2 Å². The van der Waals surface area contributed by atoms with Crippen LogP contribution in [0.5, 0.6) is 0 Å². The molecule has 2 aliphatic rings. The van der Waals surface area contributed by atoms with E-state index in [0.717, 1.165) is 38.3 Å². The van der Waals surface area contributed by atoms with Gasteiger partial charge in [0.15, 0.2) is 0 Å². The Morgan fingerprint density at radius 1 is 1.29 bits per heavy atom. The molecule has 2 aliphatic heterocycles. The quantitative estimate of drug-likeness (QED) is 0.901. The van der Waals surface area contributed by atoms with Gasteiger partial charge in [0.2, 0.25) is 5.91 Å². The zero-order valence-electron chi connectivity index (χ0n) is 14.6. The van der Waals surface area contributed by atoms with Crippen LogP contribution in [-0.2, 0) is 9.53 Å². The van der Waals surface area contributed by atoms with E-state index in [4.69, 9.17) is 4.74 Å². The van der Waals surface area contributed by atoms with Gasteiger partial charge in [-0.3, -0.25) is 4.79 Å². The van der Waals surface area contributed by atoms with Gasteiger partial charge in [0.05, 0.1) is 13.2 Å². The van der Waals surface area contributed by atoms with Crippen LogP contribution in [0.15, 0.2) is 12.4 Å². The molecule has 132 valence electrons. The fourth-order valence-electron chi connectivity index (χ4n) is 3.35. The summed E-state index contributed by atoms with van der Waals surface area (Å²) in [4.78, 5) is 25.5. The summed E-state index contributed by atoms with van der Waals surface area (Å²) in [5.74, 6) is 1.72. The van der Waals surface area contributed by atoms with Gasteiger partial charge in [0, 0.05) is 31.7 Å². The molecule has 0 aliphatic carbocycles. The molecular formula is C17H27N5O2. The summed E-state index contributed by atoms with van der Waals surface area (Å²) in [5, 5.41) is 3.24. The maximum absolute atomic E-state index is 12.7. The first-order valence-corrected chi connectivity index (χ1v) is 8.87. The number of hydrogen-bond donors (Lipinski definition) is 1. The zero-order chi connectivity index (χ0) is 16.9. The van der Waals surface area contributed by atoms with E-state index < -0.39 is 0 Å². The molecule has 0 bridgehead atoms. The number of likely N-dealkylation sites (tertiary alicyclic amines) is 1. The highest BCUT2D eigenvalue weighted by Crippen LogP contribution is 2.19. The zero-order valence-corrected chi connectivity index (χ0v) is 14.6. The third-order valence-corrected chi connectivity index (χ3v) is 4.81. The van der Waals surface area contributed by atoms with Crippen molar-refractivity contribution in [2.45, 2.75) is 45.2 Å². The van der Waals surface area contributed by atoms with Crippen molar-refractivity contribution in [3.63, 3.8) is 0 Å². The van der Waals surface area contributed by atoms with Gasteiger partial charge in [-0.15, -0.1) is 0 Å². The molecule has 1 aromatic rings. The van der Waals surface area contributed by atoms with Crippen molar-refractivity contribution in [2.24, 2.45) is 0 Å². The number of rotatable bonds is 4. The summed E-state index contributed by atoms with van der Waals surface area (Å²) in [6.45, 7) is 7.98. The lowest BCUT2D eigenvalue weighted by Gasteiger charge is -2.35. The molecule has 2 unspecified atom stereocenters. The van der Waals surface area contributed by atoms with E-state index in [1.165, 1.54) is 6.42 Å². The highest BCUT2D eigenvalue weighted by atomic mass is 16.5. The molecule has 0 radical (unpaired) electrons. The van der Waals surface area contributed by atoms with E-state index in [2.05, 4.69) is 27.1 Å². The summed E-state index contributed by atoms with van der Waals surface area (Å²) < 4.78 is 5.37. The first kappa shape index (κ1) is 17.0. The van der Waals surface area contributed by atoms with Crippen LogP contribution in [0.3, 0.4) is 0 Å². The Morgan fingerprint density at radius 2 is 2.08 bits per heavy atom. The molecular weight excluding hydrogens is 306 g/mol. The van der Waals surface area contributed by atoms with Crippen LogP contribution in [0.4, 0.5) is 11.6 Å². The van der Waals surface area contributed by atoms with E-state index in [0.29, 0.717) is 25.1 Å². The predicted octanol–water partition coefficient (Wildman–Crippen LogP) is 1.51. The number of nitrogens with one attached hydrogen (secondary N) is 1. The van der Waals surface area contributed by atoms with Crippen molar-refractivity contribution >= 4 is 17.5 Å². The summed E-state index contributed by atoms with van der Waals surface area (Å²) in [5.41, 5.74) is 0. The van der Waals surface area contributed by atoms with Gasteiger partial charge in [-0.25, -0.2) is 9.97 Å². The van der Waals surface area contributed by atoms with E-state index >= 15 is 0 Å². The Bertz CT molecular complexity index is 562. The van der Waals surface area contributed by atoms with Crippen LogP contribution in [0, 0.1) is 0 Å². The lowest BCUT2D eigenvalue weighted by atomic mass is 10.0. The van der Waals surface area contributed by atoms with E-state index in [1.54, 1.807) is 6.33 Å². The van der Waals surface area contributed by atoms with Crippen LogP contribution in [0.25, 0.3) is 0 Å². The highest BCUT2D eigenvalue weighted by molar-refractivity contribution is 5.84. The monoisotopic (exact) mass is 333 g/mol. The molecule has 2 fully saturated rings. The van der Waals surface area contributed by atoms with E-state index in [9.17, 15) is 4.79 Å². The Morgan fingerprint density at radius 3 is 2.83 bits per heavy atom. The van der Waals surface area contributed by atoms with Crippen LogP contribution in [0.1, 0.15) is 33.1 Å². The summed E-state index contributed by atoms with van der Waals surface area (Å²) >= 11 is 0. The number of piperidine rings is 1. The average Bonchev–Trinajstić information content (AvgIpc) is 2.62. The summed E-state index contributed by atoms with van der Waals surface area (Å²) in [6, 6.07) is 1.94. The molecule has 2 saturated heterocycles. The Kier molecular flexibility index (Phi) is 5.50. The first-order chi connectivity index (χ1) is 11.6. The molecule has 3 heterocycles. The largest absolute Gasteiger partial charge is 0.378 e. The number of hydrogen-bond acceptors (Lipinski definition) is 6. The molecule has 1 amide bonds. The molecule has 3 rings (SSSR count). The van der Waals surface area contributed by atoms with Gasteiger partial charge in [0.1, 0.15) is 24.0 Å². The molecule has 24 heavy (non-hydrogen) atoms. The number of carbonyl (C=O) groups is 1. The van der Waals surface area contributed by atoms with E-state index in [-0.39, 0.29) is 11.9 Å². The lowest BCUT2D eigenvalue weighted by molar-refractivity contribution is -0.134. The molecule has 1 aromatic heterocycles. The minimum atomic E-state index is -0.294. The second-order valence-corrected chi connectivity index (χ2v) is 6.60. The average molecular weight is 333 g/mol. The number of amides is 1. The fourth-order valence-corrected chi connectivity index (χ4v) is 3.35. The highest BCUT2D eigenvalue weighted by Gasteiger charge is 2.27. The maximum Gasteiger partial charge on any atom is 0.245 e. The number of anilines is 2. The summed E-state index contributed by atoms with van der Waals surface area (Å²) in [6.07, 6.45) is 4.94. The second-order valence-electron chi connectivity index (χ2n) is 6.60. The van der Waals surface area contributed by atoms with Gasteiger partial charge in [-0.1, -0.05) is 0 Å². The normalized spacial score (nSPS) is 23.0. The topological polar surface area (TPSA) is 70.6 Å². The van der Waals surface area contributed by atoms with Crippen molar-refractivity contribution in [2.75, 3.05) is 43.1 Å². The number of nitrogens with zero attached hydrogens (tertiary/aromatic N) is 4. The minimum absolute atomic E-state index is 0.147. The van der Waals surface area contributed by atoms with Crippen molar-refractivity contribution < 1.29 is 9.53 Å². The number of ether oxygens (including phenoxy) is 1. The molecule has 1 N–H and O–H groups in total. The van der Waals surface area contributed by atoms with Crippen molar-refractivity contribution in [1.29, 1.82) is 0 Å². The molecule has 0 saturated carbocycles. The summed E-state index contributed by atoms with van der Waals surface area (Å²) in [7, 11) is 0. The van der Waals surface area contributed by atoms with Gasteiger partial charge >= 0.3 is 0 Å². The standard InChI is InChI=1S/C17H27N5O2/c1-13-5-3-4-6-22(13)17(23)14(2)20-15-11-16(19-12-18-15)21-7-9-24-10-8-21/h11-14H,3-10H2,1-2H3,(H,18,19,20). The van der Waals surface area contributed by atoms with Gasteiger partial charge in [-0.2, -0.15) is 0 Å². The lowest BCUT2D eigenvalue weighted by Crippen LogP contribution is -2.48. The maximum atomic E-state index is 12.7. The number of morpholine rings is 1. The minimum Gasteiger partial charge on any atom is -0.378 e. The van der Waals surface area contributed by atoms with Crippen molar-refractivity contribution in [3.8, 4) is 0 Å². The van der Waals surface area contributed by atoms with Crippen LogP contribution in [0.2, 0.25) is 0 Å². The second kappa shape index (κ2) is 7.79. The number of carbonyl (C=O) groups excluding carboxylic acids is 1. The fraction of sp³-hybridized carbons (Fsp3) is 0.706. The van der Waals surface area contributed by atoms with Crippen LogP contribution >= 0.6 is 0 Å². The molecule has 7 nitrogen and oxygen atoms in total. The predicted molar refractivity (Wildman–Crippen MR) is 93.2 cm³/mol. The Labute approximate surface area is 143 Å². The molecule has 0 aromatic carbocycles. The van der Waals surface area contributed by atoms with E-state index in [1.807, 2.05) is 17.9 Å². The molecule has 0 spiro atoms. The third-order valence-electron chi connectivity index (χ3n) is 4.81. The molecule has 2 atom stereocenters.